The number of hydrogen-bond donors (Lipinski definition) is 2. The smallest absolute Gasteiger partial charge is 0.288 e. The van der Waals surface area contributed by atoms with E-state index in [1.807, 2.05) is 0 Å². The lowest BCUT2D eigenvalue weighted by atomic mass is 10.2. The number of sulfonamides is 1. The van der Waals surface area contributed by atoms with Crippen LogP contribution in [0.15, 0.2) is 58.3 Å². The molecule has 0 radical (unpaired) electrons. The molecular weight excluding hydrogens is 458 g/mol. The third-order valence-corrected chi connectivity index (χ3v) is 8.42. The van der Waals surface area contributed by atoms with E-state index in [-0.39, 0.29) is 39.0 Å². The molecule has 2 aromatic rings. The van der Waals surface area contributed by atoms with Gasteiger partial charge in [0.2, 0.25) is 10.0 Å². The van der Waals surface area contributed by atoms with Gasteiger partial charge in [-0.2, -0.15) is 8.78 Å². The van der Waals surface area contributed by atoms with Gasteiger partial charge < -0.3 is 5.32 Å². The first kappa shape index (κ1) is 22.7. The van der Waals surface area contributed by atoms with Crippen LogP contribution < -0.4 is 10.0 Å². The van der Waals surface area contributed by atoms with E-state index in [2.05, 4.69) is 10.0 Å². The molecule has 1 aliphatic rings. The molecule has 3 rings (SSSR count). The first-order chi connectivity index (χ1) is 14.1. The molecule has 2 N–H and O–H groups in total. The first-order valence-electron chi connectivity index (χ1n) is 8.74. The molecule has 1 unspecified atom stereocenters. The summed E-state index contributed by atoms with van der Waals surface area (Å²) >= 11 is 0.304. The van der Waals surface area contributed by atoms with Crippen LogP contribution in [0.25, 0.3) is 0 Å². The molecule has 1 aliphatic heterocycles. The number of alkyl halides is 2. The van der Waals surface area contributed by atoms with E-state index in [1.54, 1.807) is 12.1 Å². The Labute approximate surface area is 177 Å². The Morgan fingerprint density at radius 1 is 1.10 bits per heavy atom. The summed E-state index contributed by atoms with van der Waals surface area (Å²) < 4.78 is 75.5. The van der Waals surface area contributed by atoms with Crippen molar-refractivity contribution < 1.29 is 30.4 Å². The molecule has 30 heavy (non-hydrogen) atoms. The highest BCUT2D eigenvalue weighted by Crippen LogP contribution is 2.31. The van der Waals surface area contributed by atoms with Crippen LogP contribution >= 0.6 is 11.8 Å². The summed E-state index contributed by atoms with van der Waals surface area (Å²) in [7, 11) is -7.19. The van der Waals surface area contributed by atoms with Crippen molar-refractivity contribution in [2.24, 2.45) is 0 Å². The SMILES string of the molecule is O=C(Nc1ccccc1SC(F)F)c1ccc(S(=O)(=O)NC2CCS(=O)(=O)C2)cc1. The summed E-state index contributed by atoms with van der Waals surface area (Å²) in [4.78, 5) is 12.5. The maximum absolute atomic E-state index is 12.7. The molecule has 1 amide bonds. The number of halogens is 2. The number of amides is 1. The number of anilines is 1. The van der Waals surface area contributed by atoms with Crippen LogP contribution in [0.2, 0.25) is 0 Å². The molecule has 1 fully saturated rings. The zero-order valence-electron chi connectivity index (χ0n) is 15.4. The van der Waals surface area contributed by atoms with Crippen molar-refractivity contribution in [3.8, 4) is 0 Å². The summed E-state index contributed by atoms with van der Waals surface area (Å²) in [6.45, 7) is 0. The molecule has 1 heterocycles. The van der Waals surface area contributed by atoms with Gasteiger partial charge in [-0.05, 0) is 42.8 Å². The minimum atomic E-state index is -3.95. The monoisotopic (exact) mass is 476 g/mol. The Morgan fingerprint density at radius 3 is 2.37 bits per heavy atom. The van der Waals surface area contributed by atoms with Gasteiger partial charge in [-0.1, -0.05) is 23.9 Å². The van der Waals surface area contributed by atoms with Crippen LogP contribution in [0.5, 0.6) is 0 Å². The first-order valence-corrected chi connectivity index (χ1v) is 12.9. The fraction of sp³-hybridized carbons (Fsp3) is 0.278. The molecule has 162 valence electrons. The zero-order chi connectivity index (χ0) is 21.9. The van der Waals surface area contributed by atoms with Gasteiger partial charge in [-0.3, -0.25) is 4.79 Å². The van der Waals surface area contributed by atoms with Gasteiger partial charge >= 0.3 is 0 Å². The predicted octanol–water partition coefficient (Wildman–Crippen LogP) is 2.72. The zero-order valence-corrected chi connectivity index (χ0v) is 17.9. The lowest BCUT2D eigenvalue weighted by Gasteiger charge is -2.13. The largest absolute Gasteiger partial charge is 0.321 e. The number of benzene rings is 2. The number of carbonyl (C=O) groups is 1. The minimum Gasteiger partial charge on any atom is -0.321 e. The molecule has 0 saturated carbocycles. The van der Waals surface area contributed by atoms with Crippen molar-refractivity contribution >= 4 is 43.2 Å². The van der Waals surface area contributed by atoms with E-state index < -0.39 is 37.6 Å². The van der Waals surface area contributed by atoms with Gasteiger partial charge in [0, 0.05) is 16.5 Å². The summed E-state index contributed by atoms with van der Waals surface area (Å²) in [5.74, 6) is -3.54. The third kappa shape index (κ3) is 5.78. The summed E-state index contributed by atoms with van der Waals surface area (Å²) in [5, 5.41) is 2.53. The lowest BCUT2D eigenvalue weighted by molar-refractivity contribution is 0.102. The van der Waals surface area contributed by atoms with E-state index in [9.17, 15) is 30.4 Å². The van der Waals surface area contributed by atoms with E-state index in [0.717, 1.165) is 0 Å². The average molecular weight is 477 g/mol. The number of hydrogen-bond acceptors (Lipinski definition) is 6. The van der Waals surface area contributed by atoms with E-state index in [4.69, 9.17) is 0 Å². The molecule has 1 atom stereocenters. The second-order valence-corrected chi connectivity index (χ2v) is 11.5. The van der Waals surface area contributed by atoms with Gasteiger partial charge in [0.25, 0.3) is 11.7 Å². The third-order valence-electron chi connectivity index (χ3n) is 4.33. The number of sulfone groups is 1. The van der Waals surface area contributed by atoms with E-state index in [0.29, 0.717) is 11.8 Å². The van der Waals surface area contributed by atoms with Crippen LogP contribution in [0.1, 0.15) is 16.8 Å². The second kappa shape index (κ2) is 9.00. The lowest BCUT2D eigenvalue weighted by Crippen LogP contribution is -2.35. The maximum atomic E-state index is 12.7. The number of carbonyl (C=O) groups excluding carboxylic acids is 1. The number of thioether (sulfide) groups is 1. The fourth-order valence-electron chi connectivity index (χ4n) is 2.92. The fourth-order valence-corrected chi connectivity index (χ4v) is 6.57. The quantitative estimate of drug-likeness (QED) is 0.595. The second-order valence-electron chi connectivity index (χ2n) is 6.57. The Balaban J connectivity index is 1.70. The summed E-state index contributed by atoms with van der Waals surface area (Å²) in [6.07, 6.45) is 0.206. The molecule has 0 bridgehead atoms. The van der Waals surface area contributed by atoms with Crippen molar-refractivity contribution in [1.29, 1.82) is 0 Å². The van der Waals surface area contributed by atoms with Crippen molar-refractivity contribution in [2.45, 2.75) is 28.0 Å². The Morgan fingerprint density at radius 2 is 1.77 bits per heavy atom. The van der Waals surface area contributed by atoms with Gasteiger partial charge in [-0.15, -0.1) is 0 Å². The van der Waals surface area contributed by atoms with E-state index >= 15 is 0 Å². The van der Waals surface area contributed by atoms with Crippen LogP contribution in [-0.4, -0.2) is 46.0 Å². The normalized spacial score (nSPS) is 18.4. The average Bonchev–Trinajstić information content (AvgIpc) is 3.00. The Kier molecular flexibility index (Phi) is 6.80. The molecule has 0 aromatic heterocycles. The maximum Gasteiger partial charge on any atom is 0.288 e. The molecule has 1 saturated heterocycles. The van der Waals surface area contributed by atoms with Gasteiger partial charge in [-0.25, -0.2) is 21.6 Å². The molecule has 7 nitrogen and oxygen atoms in total. The predicted molar refractivity (Wildman–Crippen MR) is 110 cm³/mol. The molecular formula is C18H18F2N2O5S3. The number of rotatable bonds is 7. The van der Waals surface area contributed by atoms with Crippen molar-refractivity contribution in [3.05, 3.63) is 54.1 Å². The minimum absolute atomic E-state index is 0.0649. The topological polar surface area (TPSA) is 109 Å². The molecule has 12 heteroatoms. The summed E-state index contributed by atoms with van der Waals surface area (Å²) in [5.41, 5.74) is 0.350. The molecule has 0 spiro atoms. The van der Waals surface area contributed by atoms with E-state index in [1.165, 1.54) is 36.4 Å². The van der Waals surface area contributed by atoms with Gasteiger partial charge in [0.1, 0.15) is 0 Å². The van der Waals surface area contributed by atoms with Gasteiger partial charge in [0.15, 0.2) is 9.84 Å². The van der Waals surface area contributed by atoms with Crippen molar-refractivity contribution in [1.82, 2.24) is 4.72 Å². The Hall–Kier alpha value is -2.02. The van der Waals surface area contributed by atoms with Crippen LogP contribution in [0.4, 0.5) is 14.5 Å². The van der Waals surface area contributed by atoms with Crippen LogP contribution in [0, 0.1) is 0 Å². The molecule has 2 aromatic carbocycles. The van der Waals surface area contributed by atoms with Crippen LogP contribution in [0.3, 0.4) is 0 Å². The number of nitrogens with one attached hydrogen (secondary N) is 2. The van der Waals surface area contributed by atoms with Gasteiger partial charge in [0.05, 0.1) is 22.1 Å². The highest BCUT2D eigenvalue weighted by molar-refractivity contribution is 7.99. The number of para-hydroxylation sites is 1. The Bertz CT molecular complexity index is 1140. The van der Waals surface area contributed by atoms with Crippen molar-refractivity contribution in [2.75, 3.05) is 16.8 Å². The standard InChI is InChI=1S/C18H18F2N2O5S3/c19-18(20)28-16-4-2-1-3-15(16)21-17(23)12-5-7-14(8-6-12)30(26,27)22-13-9-10-29(24,25)11-13/h1-8,13,18,22H,9-11H2,(H,21,23). The highest BCUT2D eigenvalue weighted by atomic mass is 32.2. The summed E-state index contributed by atoms with van der Waals surface area (Å²) in [6, 6.07) is 10.4. The highest BCUT2D eigenvalue weighted by Gasteiger charge is 2.31. The van der Waals surface area contributed by atoms with Crippen molar-refractivity contribution in [3.63, 3.8) is 0 Å². The van der Waals surface area contributed by atoms with Crippen LogP contribution in [-0.2, 0) is 19.9 Å². The molecule has 0 aliphatic carbocycles.